The number of aromatic hydroxyl groups is 2. The fourth-order valence-corrected chi connectivity index (χ4v) is 1.12. The van der Waals surface area contributed by atoms with Gasteiger partial charge >= 0.3 is 0 Å². The van der Waals surface area contributed by atoms with Crippen LogP contribution in [-0.4, -0.2) is 22.4 Å². The predicted molar refractivity (Wildman–Crippen MR) is 47.0 cm³/mol. The van der Waals surface area contributed by atoms with Crippen molar-refractivity contribution in [1.29, 1.82) is 0 Å². The number of phenolic OH excluding ortho intramolecular Hbond substituents is 1. The molecule has 3 N–H and O–H groups in total. The van der Waals surface area contributed by atoms with E-state index in [1.165, 1.54) is 13.2 Å². The lowest BCUT2D eigenvalue weighted by molar-refractivity contribution is 0.265. The second-order valence-electron chi connectivity index (χ2n) is 2.71. The highest BCUT2D eigenvalue weighted by atomic mass is 16.5. The highest BCUT2D eigenvalue weighted by Crippen LogP contribution is 2.36. The molecule has 0 heterocycles. The van der Waals surface area contributed by atoms with Crippen molar-refractivity contribution in [3.05, 3.63) is 17.2 Å². The predicted octanol–water partition coefficient (Wildman–Crippen LogP) is 0.907. The van der Waals surface area contributed by atoms with Gasteiger partial charge in [0, 0.05) is 11.6 Å². The Morgan fingerprint density at radius 3 is 2.46 bits per heavy atom. The fraction of sp³-hybridized carbons (Fsp3) is 0.333. The Hall–Kier alpha value is -1.42. The van der Waals surface area contributed by atoms with Crippen molar-refractivity contribution < 1.29 is 20.1 Å². The maximum atomic E-state index is 9.49. The van der Waals surface area contributed by atoms with Crippen LogP contribution in [0.15, 0.2) is 6.07 Å². The van der Waals surface area contributed by atoms with E-state index in [0.29, 0.717) is 5.56 Å². The van der Waals surface area contributed by atoms with Crippen LogP contribution in [0.1, 0.15) is 11.1 Å². The molecule has 4 nitrogen and oxygen atoms in total. The summed E-state index contributed by atoms with van der Waals surface area (Å²) in [7, 11) is 1.41. The number of hydrogen-bond donors (Lipinski definition) is 3. The van der Waals surface area contributed by atoms with Crippen molar-refractivity contribution >= 4 is 0 Å². The topological polar surface area (TPSA) is 69.9 Å². The quantitative estimate of drug-likeness (QED) is 0.638. The molecule has 0 atom stereocenters. The van der Waals surface area contributed by atoms with Crippen LogP contribution in [0.25, 0.3) is 0 Å². The molecule has 0 aliphatic heterocycles. The van der Waals surface area contributed by atoms with E-state index in [1.54, 1.807) is 6.92 Å². The third-order valence-corrected chi connectivity index (χ3v) is 1.97. The molecule has 0 aromatic heterocycles. The van der Waals surface area contributed by atoms with Crippen LogP contribution in [-0.2, 0) is 6.61 Å². The van der Waals surface area contributed by atoms with Gasteiger partial charge < -0.3 is 20.1 Å². The van der Waals surface area contributed by atoms with E-state index in [9.17, 15) is 10.2 Å². The maximum absolute atomic E-state index is 9.49. The number of ether oxygens (including phenoxy) is 1. The molecule has 1 aromatic rings. The Balaban J connectivity index is 3.39. The molecule has 1 aromatic carbocycles. The number of hydrogen-bond acceptors (Lipinski definition) is 4. The van der Waals surface area contributed by atoms with Crippen LogP contribution in [0, 0.1) is 6.92 Å². The number of rotatable bonds is 2. The monoisotopic (exact) mass is 184 g/mol. The minimum absolute atomic E-state index is 0.0495. The van der Waals surface area contributed by atoms with Gasteiger partial charge in [-0.25, -0.2) is 0 Å². The van der Waals surface area contributed by atoms with Gasteiger partial charge in [0.05, 0.1) is 19.3 Å². The van der Waals surface area contributed by atoms with E-state index in [-0.39, 0.29) is 29.4 Å². The van der Waals surface area contributed by atoms with Gasteiger partial charge in [-0.15, -0.1) is 0 Å². The average molecular weight is 184 g/mol. The van der Waals surface area contributed by atoms with E-state index < -0.39 is 0 Å². The van der Waals surface area contributed by atoms with Crippen LogP contribution in [0.2, 0.25) is 0 Å². The molecule has 72 valence electrons. The van der Waals surface area contributed by atoms with Crippen molar-refractivity contribution in [2.45, 2.75) is 13.5 Å². The molecule has 0 spiro atoms. The SMILES string of the molecule is COc1cc(O)c(C)c(O)c1CO. The van der Waals surface area contributed by atoms with Crippen LogP contribution < -0.4 is 4.74 Å². The van der Waals surface area contributed by atoms with E-state index in [4.69, 9.17) is 9.84 Å². The summed E-state index contributed by atoms with van der Waals surface area (Å²) in [5, 5.41) is 27.7. The standard InChI is InChI=1S/C9H12O4/c1-5-7(11)3-8(13-2)6(4-10)9(5)12/h3,10-12H,4H2,1-2H3. The van der Waals surface area contributed by atoms with Crippen LogP contribution in [0.4, 0.5) is 0 Å². The smallest absolute Gasteiger partial charge is 0.131 e. The van der Waals surface area contributed by atoms with Gasteiger partial charge in [0.15, 0.2) is 0 Å². The molecule has 0 unspecified atom stereocenters. The minimum atomic E-state index is -0.323. The molecule has 0 fully saturated rings. The van der Waals surface area contributed by atoms with Crippen molar-refractivity contribution in [2.75, 3.05) is 7.11 Å². The minimum Gasteiger partial charge on any atom is -0.507 e. The van der Waals surface area contributed by atoms with E-state index >= 15 is 0 Å². The molecule has 0 bridgehead atoms. The van der Waals surface area contributed by atoms with E-state index in [2.05, 4.69) is 0 Å². The highest BCUT2D eigenvalue weighted by Gasteiger charge is 2.13. The third-order valence-electron chi connectivity index (χ3n) is 1.97. The fourth-order valence-electron chi connectivity index (χ4n) is 1.12. The lowest BCUT2D eigenvalue weighted by atomic mass is 10.1. The number of phenols is 2. The molecule has 13 heavy (non-hydrogen) atoms. The summed E-state index contributed by atoms with van der Waals surface area (Å²) in [5.41, 5.74) is 0.627. The largest absolute Gasteiger partial charge is 0.507 e. The first-order chi connectivity index (χ1) is 6.11. The second-order valence-corrected chi connectivity index (χ2v) is 2.71. The molecule has 0 saturated carbocycles. The van der Waals surface area contributed by atoms with Gasteiger partial charge in [-0.3, -0.25) is 0 Å². The molecule has 1 rings (SSSR count). The van der Waals surface area contributed by atoms with Crippen molar-refractivity contribution in [3.63, 3.8) is 0 Å². The van der Waals surface area contributed by atoms with Gasteiger partial charge in [0.25, 0.3) is 0 Å². The highest BCUT2D eigenvalue weighted by molar-refractivity contribution is 5.55. The Labute approximate surface area is 76.0 Å². The Morgan fingerprint density at radius 2 is 2.00 bits per heavy atom. The molecule has 0 amide bonds. The van der Waals surface area contributed by atoms with Gasteiger partial charge in [-0.1, -0.05) is 0 Å². The zero-order valence-corrected chi connectivity index (χ0v) is 7.53. The number of aliphatic hydroxyl groups is 1. The third kappa shape index (κ3) is 1.53. The summed E-state index contributed by atoms with van der Waals surface area (Å²) in [6, 6.07) is 1.36. The molecule has 0 radical (unpaired) electrons. The summed E-state index contributed by atoms with van der Waals surface area (Å²) in [4.78, 5) is 0. The zero-order chi connectivity index (χ0) is 10.0. The molecular weight excluding hydrogens is 172 g/mol. The van der Waals surface area contributed by atoms with Crippen molar-refractivity contribution in [1.82, 2.24) is 0 Å². The summed E-state index contributed by atoms with van der Waals surface area (Å²) in [6.45, 7) is 1.24. The van der Waals surface area contributed by atoms with E-state index in [0.717, 1.165) is 0 Å². The average Bonchev–Trinajstić information content (AvgIpc) is 2.13. The summed E-state index contributed by atoms with van der Waals surface area (Å²) < 4.78 is 4.87. The van der Waals surface area contributed by atoms with E-state index in [1.807, 2.05) is 0 Å². The first-order valence-electron chi connectivity index (χ1n) is 3.81. The van der Waals surface area contributed by atoms with Gasteiger partial charge in [0.2, 0.25) is 0 Å². The van der Waals surface area contributed by atoms with Crippen LogP contribution >= 0.6 is 0 Å². The van der Waals surface area contributed by atoms with Gasteiger partial charge in [-0.2, -0.15) is 0 Å². The zero-order valence-electron chi connectivity index (χ0n) is 7.53. The molecule has 0 aliphatic carbocycles. The number of benzene rings is 1. The van der Waals surface area contributed by atoms with Crippen LogP contribution in [0.5, 0.6) is 17.2 Å². The van der Waals surface area contributed by atoms with Crippen molar-refractivity contribution in [2.24, 2.45) is 0 Å². The molecular formula is C9H12O4. The van der Waals surface area contributed by atoms with Crippen molar-refractivity contribution in [3.8, 4) is 17.2 Å². The first kappa shape index (κ1) is 9.67. The second kappa shape index (κ2) is 3.53. The lowest BCUT2D eigenvalue weighted by Gasteiger charge is -2.11. The molecule has 0 saturated heterocycles. The Morgan fingerprint density at radius 1 is 1.38 bits per heavy atom. The Kier molecular flexibility index (Phi) is 2.63. The Bertz CT molecular complexity index is 320. The number of aliphatic hydroxyl groups excluding tert-OH is 1. The van der Waals surface area contributed by atoms with Crippen LogP contribution in [0.3, 0.4) is 0 Å². The lowest BCUT2D eigenvalue weighted by Crippen LogP contribution is -1.94. The summed E-state index contributed by atoms with van der Waals surface area (Å²) in [5.74, 6) is 0.106. The normalized spacial score (nSPS) is 10.1. The van der Waals surface area contributed by atoms with Gasteiger partial charge in [-0.05, 0) is 6.92 Å². The van der Waals surface area contributed by atoms with Gasteiger partial charge in [0.1, 0.15) is 17.2 Å². The summed E-state index contributed by atoms with van der Waals surface area (Å²) in [6.07, 6.45) is 0. The number of methoxy groups -OCH3 is 1. The molecule has 0 aliphatic rings. The molecule has 4 heteroatoms. The summed E-state index contributed by atoms with van der Waals surface area (Å²) >= 11 is 0. The maximum Gasteiger partial charge on any atom is 0.131 e. The first-order valence-corrected chi connectivity index (χ1v) is 3.81.